The van der Waals surface area contributed by atoms with Crippen molar-refractivity contribution in [2.75, 3.05) is 13.2 Å². The molecule has 22 heavy (non-hydrogen) atoms. The van der Waals surface area contributed by atoms with Crippen LogP contribution in [-0.2, 0) is 13.2 Å². The maximum Gasteiger partial charge on any atom is 0.140 e. The van der Waals surface area contributed by atoms with Gasteiger partial charge in [-0.1, -0.05) is 17.7 Å². The van der Waals surface area contributed by atoms with Crippen molar-refractivity contribution < 1.29 is 9.84 Å². The second-order valence-corrected chi connectivity index (χ2v) is 6.73. The van der Waals surface area contributed by atoms with Gasteiger partial charge in [0.05, 0.1) is 12.3 Å². The number of likely N-dealkylation sites (tertiary alicyclic amines) is 1. The van der Waals surface area contributed by atoms with Crippen LogP contribution in [0.4, 0.5) is 0 Å². The van der Waals surface area contributed by atoms with E-state index in [9.17, 15) is 5.11 Å². The monoisotopic (exact) mass is 318 g/mol. The van der Waals surface area contributed by atoms with Crippen LogP contribution >= 0.6 is 11.3 Å². The summed E-state index contributed by atoms with van der Waals surface area (Å²) in [5.41, 5.74) is 2.31. The molecule has 1 aromatic heterocycles. The number of aliphatic hydroxyl groups excluding tert-OH is 1. The second-order valence-electron chi connectivity index (χ2n) is 5.78. The number of hydrogen-bond donors (Lipinski definition) is 1. The summed E-state index contributed by atoms with van der Waals surface area (Å²) in [6.07, 6.45) is 2.25. The summed E-state index contributed by atoms with van der Waals surface area (Å²) in [5.74, 6) is 0.877. The summed E-state index contributed by atoms with van der Waals surface area (Å²) in [6.45, 7) is 4.70. The summed E-state index contributed by atoms with van der Waals surface area (Å²) in [4.78, 5) is 6.96. The van der Waals surface area contributed by atoms with Gasteiger partial charge in [-0.15, -0.1) is 11.3 Å². The highest BCUT2D eigenvalue weighted by atomic mass is 32.1. The molecule has 0 saturated carbocycles. The van der Waals surface area contributed by atoms with Crippen LogP contribution in [-0.4, -0.2) is 34.2 Å². The van der Waals surface area contributed by atoms with E-state index in [4.69, 9.17) is 4.74 Å². The molecule has 3 rings (SSSR count). The molecule has 2 aromatic rings. The first-order valence-corrected chi connectivity index (χ1v) is 8.60. The van der Waals surface area contributed by atoms with Crippen LogP contribution in [0.2, 0.25) is 0 Å². The predicted molar refractivity (Wildman–Crippen MR) is 88.1 cm³/mol. The predicted octanol–water partition coefficient (Wildman–Crippen LogP) is 2.99. The number of aliphatic hydroxyl groups is 1. The molecule has 1 atom stereocenters. The molecule has 1 aliphatic heterocycles. The Morgan fingerprint density at radius 3 is 2.95 bits per heavy atom. The Morgan fingerprint density at radius 1 is 1.36 bits per heavy atom. The highest BCUT2D eigenvalue weighted by Gasteiger charge is 2.24. The van der Waals surface area contributed by atoms with Crippen LogP contribution < -0.4 is 4.74 Å². The zero-order chi connectivity index (χ0) is 15.4. The largest absolute Gasteiger partial charge is 0.486 e. The van der Waals surface area contributed by atoms with Gasteiger partial charge < -0.3 is 9.84 Å². The van der Waals surface area contributed by atoms with Crippen LogP contribution in [0, 0.1) is 6.92 Å². The number of benzene rings is 1. The lowest BCUT2D eigenvalue weighted by Crippen LogP contribution is -2.31. The van der Waals surface area contributed by atoms with Crippen molar-refractivity contribution >= 4 is 11.3 Å². The number of aryl methyl sites for hydroxylation is 1. The van der Waals surface area contributed by atoms with Crippen LogP contribution in [0.3, 0.4) is 0 Å². The summed E-state index contributed by atoms with van der Waals surface area (Å²) in [6, 6.07) is 8.37. The lowest BCUT2D eigenvalue weighted by atomic mass is 10.2. The third-order valence-electron chi connectivity index (χ3n) is 4.06. The topological polar surface area (TPSA) is 45.6 Å². The maximum absolute atomic E-state index is 9.37. The Morgan fingerprint density at radius 2 is 2.18 bits per heavy atom. The SMILES string of the molecule is Cc1ccc(OCc2nc(CN3CCC[C@H]3CO)cs2)cc1. The van der Waals surface area contributed by atoms with Crippen LogP contribution in [0.5, 0.6) is 5.75 Å². The smallest absolute Gasteiger partial charge is 0.140 e. The first kappa shape index (κ1) is 15.5. The van der Waals surface area contributed by atoms with Crippen LogP contribution in [0.1, 0.15) is 29.1 Å². The Hall–Kier alpha value is -1.43. The lowest BCUT2D eigenvalue weighted by Gasteiger charge is -2.21. The van der Waals surface area contributed by atoms with E-state index in [1.165, 1.54) is 12.0 Å². The third-order valence-corrected chi connectivity index (χ3v) is 4.93. The number of rotatable bonds is 6. The molecule has 2 heterocycles. The van der Waals surface area contributed by atoms with E-state index in [1.54, 1.807) is 11.3 Å². The van der Waals surface area contributed by atoms with Gasteiger partial charge in [0.25, 0.3) is 0 Å². The molecule has 0 amide bonds. The molecule has 1 fully saturated rings. The Bertz CT molecular complexity index is 597. The molecule has 0 unspecified atom stereocenters. The van der Waals surface area contributed by atoms with Gasteiger partial charge in [0.1, 0.15) is 17.4 Å². The zero-order valence-corrected chi connectivity index (χ0v) is 13.7. The fraction of sp³-hybridized carbons (Fsp3) is 0.471. The minimum Gasteiger partial charge on any atom is -0.486 e. The van der Waals surface area contributed by atoms with Gasteiger partial charge in [-0.05, 0) is 38.4 Å². The first-order chi connectivity index (χ1) is 10.7. The number of thiazole rings is 1. The highest BCUT2D eigenvalue weighted by molar-refractivity contribution is 7.09. The van der Waals surface area contributed by atoms with Gasteiger partial charge in [0, 0.05) is 18.0 Å². The molecular weight excluding hydrogens is 296 g/mol. The van der Waals surface area contributed by atoms with E-state index in [-0.39, 0.29) is 6.61 Å². The van der Waals surface area contributed by atoms with E-state index < -0.39 is 0 Å². The van der Waals surface area contributed by atoms with Crippen LogP contribution in [0.25, 0.3) is 0 Å². The average Bonchev–Trinajstić information content (AvgIpc) is 3.16. The number of nitrogens with zero attached hydrogens (tertiary/aromatic N) is 2. The maximum atomic E-state index is 9.37. The third kappa shape index (κ3) is 3.85. The number of hydrogen-bond acceptors (Lipinski definition) is 5. The molecule has 118 valence electrons. The van der Waals surface area contributed by atoms with Gasteiger partial charge >= 0.3 is 0 Å². The summed E-state index contributed by atoms with van der Waals surface area (Å²) in [5, 5.41) is 12.5. The van der Waals surface area contributed by atoms with Gasteiger partial charge in [0.2, 0.25) is 0 Å². The van der Waals surface area contributed by atoms with Crippen molar-refractivity contribution in [3.63, 3.8) is 0 Å². The van der Waals surface area contributed by atoms with Crippen LogP contribution in [0.15, 0.2) is 29.6 Å². The van der Waals surface area contributed by atoms with E-state index in [2.05, 4.69) is 22.2 Å². The molecule has 0 aliphatic carbocycles. The second kappa shape index (κ2) is 7.22. The van der Waals surface area contributed by atoms with Crippen molar-refractivity contribution in [2.24, 2.45) is 0 Å². The quantitative estimate of drug-likeness (QED) is 0.889. The molecule has 1 N–H and O–H groups in total. The first-order valence-electron chi connectivity index (χ1n) is 7.72. The van der Waals surface area contributed by atoms with Crippen molar-refractivity contribution in [3.8, 4) is 5.75 Å². The summed E-state index contributed by atoms with van der Waals surface area (Å²) in [7, 11) is 0. The fourth-order valence-electron chi connectivity index (χ4n) is 2.79. The van der Waals surface area contributed by atoms with E-state index >= 15 is 0 Å². The molecule has 0 spiro atoms. The Kier molecular flexibility index (Phi) is 5.08. The van der Waals surface area contributed by atoms with Gasteiger partial charge in [-0.25, -0.2) is 4.98 Å². The van der Waals surface area contributed by atoms with E-state index in [0.29, 0.717) is 12.6 Å². The van der Waals surface area contributed by atoms with Crippen molar-refractivity contribution in [1.29, 1.82) is 0 Å². The van der Waals surface area contributed by atoms with Gasteiger partial charge in [-0.3, -0.25) is 4.90 Å². The lowest BCUT2D eigenvalue weighted by molar-refractivity contribution is 0.152. The van der Waals surface area contributed by atoms with E-state index in [1.807, 2.05) is 24.3 Å². The Balaban J connectivity index is 1.53. The van der Waals surface area contributed by atoms with Crippen molar-refractivity contribution in [1.82, 2.24) is 9.88 Å². The molecule has 1 aliphatic rings. The van der Waals surface area contributed by atoms with E-state index in [0.717, 1.165) is 36.0 Å². The molecule has 0 bridgehead atoms. The minimum atomic E-state index is 0.244. The Labute approximate surface area is 135 Å². The zero-order valence-electron chi connectivity index (χ0n) is 12.9. The summed E-state index contributed by atoms with van der Waals surface area (Å²) < 4.78 is 5.77. The fourth-order valence-corrected chi connectivity index (χ4v) is 3.48. The van der Waals surface area contributed by atoms with Gasteiger partial charge in [0.15, 0.2) is 0 Å². The number of ether oxygens (including phenoxy) is 1. The average molecular weight is 318 g/mol. The minimum absolute atomic E-state index is 0.244. The number of aromatic nitrogens is 1. The summed E-state index contributed by atoms with van der Waals surface area (Å²) >= 11 is 1.64. The van der Waals surface area contributed by atoms with Crippen molar-refractivity contribution in [3.05, 3.63) is 45.9 Å². The van der Waals surface area contributed by atoms with Gasteiger partial charge in [-0.2, -0.15) is 0 Å². The highest BCUT2D eigenvalue weighted by Crippen LogP contribution is 2.21. The van der Waals surface area contributed by atoms with Crippen molar-refractivity contribution in [2.45, 2.75) is 39.0 Å². The molecular formula is C17H22N2O2S. The molecule has 1 aromatic carbocycles. The molecule has 5 heteroatoms. The molecule has 4 nitrogen and oxygen atoms in total. The standard InChI is InChI=1S/C17H22N2O2S/c1-13-4-6-16(7-5-13)21-11-17-18-14(12-22-17)9-19-8-2-3-15(19)10-20/h4-7,12,15,20H,2-3,8-11H2,1H3/t15-/m0/s1. The molecule has 0 radical (unpaired) electrons. The molecule has 1 saturated heterocycles. The normalized spacial score (nSPS) is 18.7.